The van der Waals surface area contributed by atoms with E-state index >= 15 is 0 Å². The second kappa shape index (κ2) is 10.0. The van der Waals surface area contributed by atoms with Gasteiger partial charge in [-0.3, -0.25) is 33.8 Å². The molecular weight excluding hydrogens is 530 g/mol. The number of amides is 1. The topological polar surface area (TPSA) is 171 Å². The van der Waals surface area contributed by atoms with Crippen molar-refractivity contribution < 1.29 is 38.6 Å². The van der Waals surface area contributed by atoms with Crippen LogP contribution in [0.15, 0.2) is 28.7 Å². The molecule has 0 aliphatic heterocycles. The average molecular weight is 566 g/mol. The number of likely N-dealkylation sites (N-methyl/N-ethyl adjacent to an activating group) is 1. The van der Waals surface area contributed by atoms with Gasteiger partial charge in [0.25, 0.3) is 0 Å². The van der Waals surface area contributed by atoms with Gasteiger partial charge in [-0.2, -0.15) is 0 Å². The zero-order chi connectivity index (χ0) is 30.1. The zero-order valence-corrected chi connectivity index (χ0v) is 23.7. The van der Waals surface area contributed by atoms with E-state index in [-0.39, 0.29) is 24.2 Å². The second-order valence-electron chi connectivity index (χ2n) is 12.1. The van der Waals surface area contributed by atoms with E-state index in [4.69, 9.17) is 10.2 Å². The van der Waals surface area contributed by atoms with E-state index in [0.717, 1.165) is 0 Å². The third kappa shape index (κ3) is 4.25. The lowest BCUT2D eigenvalue weighted by molar-refractivity contribution is -0.181. The van der Waals surface area contributed by atoms with Gasteiger partial charge in [-0.05, 0) is 83.6 Å². The molecule has 0 spiro atoms. The molecule has 0 radical (unpaired) electrons. The number of aliphatic hydroxyl groups is 1. The number of hydrogen-bond donors (Lipinski definition) is 3. The summed E-state index contributed by atoms with van der Waals surface area (Å²) >= 11 is 0. The van der Waals surface area contributed by atoms with E-state index in [2.05, 4.69) is 18.7 Å². The maximum Gasteiger partial charge on any atom is 0.235 e. The predicted octanol–water partition coefficient (Wildman–Crippen LogP) is 0.967. The van der Waals surface area contributed by atoms with Gasteiger partial charge in [0.2, 0.25) is 5.91 Å². The normalized spacial score (nSPS) is 29.6. The third-order valence-corrected chi connectivity index (χ3v) is 9.16. The van der Waals surface area contributed by atoms with Crippen LogP contribution >= 0.6 is 0 Å². The number of phenolic OH excluding ortho intramolecular Hbond substituents is 1. The van der Waals surface area contributed by atoms with Crippen molar-refractivity contribution in [2.45, 2.75) is 50.9 Å². The molecule has 1 heterocycles. The van der Waals surface area contributed by atoms with Crippen molar-refractivity contribution in [2.24, 2.45) is 29.4 Å². The van der Waals surface area contributed by atoms with Gasteiger partial charge in [-0.25, -0.2) is 0 Å². The molecule has 2 saturated carbocycles. The van der Waals surface area contributed by atoms with E-state index in [9.17, 15) is 34.2 Å². The minimum absolute atomic E-state index is 0.0123. The monoisotopic (exact) mass is 565 g/mol. The Hall–Kier alpha value is -3.67. The van der Waals surface area contributed by atoms with Gasteiger partial charge in [0.05, 0.1) is 24.1 Å². The highest BCUT2D eigenvalue weighted by Crippen LogP contribution is 2.51. The summed E-state index contributed by atoms with van der Waals surface area (Å²) < 4.78 is 6.12. The van der Waals surface area contributed by atoms with Crippen molar-refractivity contribution in [3.8, 4) is 17.1 Å². The highest BCUT2D eigenvalue weighted by molar-refractivity contribution is 6.32. The molecule has 2 unspecified atom stereocenters. The van der Waals surface area contributed by atoms with Crippen molar-refractivity contribution >= 4 is 29.0 Å². The number of nitrogens with two attached hydrogens (primary N) is 1. The summed E-state index contributed by atoms with van der Waals surface area (Å²) in [5.74, 6) is -9.50. The van der Waals surface area contributed by atoms with E-state index in [1.54, 1.807) is 26.2 Å². The fraction of sp³-hybridized carbons (Fsp3) is 0.500. The van der Waals surface area contributed by atoms with Crippen LogP contribution < -0.4 is 5.73 Å². The summed E-state index contributed by atoms with van der Waals surface area (Å²) in [5.41, 5.74) is 3.64. The molecule has 0 bridgehead atoms. The van der Waals surface area contributed by atoms with Crippen molar-refractivity contribution in [3.05, 3.63) is 41.2 Å². The Labute approximate surface area is 237 Å². The van der Waals surface area contributed by atoms with E-state index in [1.807, 2.05) is 13.1 Å². The van der Waals surface area contributed by atoms with Gasteiger partial charge < -0.3 is 20.4 Å². The van der Waals surface area contributed by atoms with Gasteiger partial charge in [0.1, 0.15) is 17.3 Å². The second-order valence-corrected chi connectivity index (χ2v) is 12.1. The molecule has 1 aromatic heterocycles. The van der Waals surface area contributed by atoms with Crippen LogP contribution in [-0.4, -0.2) is 87.9 Å². The van der Waals surface area contributed by atoms with Crippen molar-refractivity contribution in [1.82, 2.24) is 9.80 Å². The SMILES string of the molecule is CC(C)N(C)Cc1ccc(-c2ccc(O)c3c2C[C@H]2C[C@H]4[C@H](N(C)C)C(=O)C(C(N)=O)C(=O)[C@@]4(O)C(=O)C2C3=O)o1. The highest BCUT2D eigenvalue weighted by atomic mass is 16.3. The van der Waals surface area contributed by atoms with Crippen LogP contribution in [0, 0.1) is 23.7 Å². The van der Waals surface area contributed by atoms with Crippen LogP contribution in [-0.2, 0) is 32.1 Å². The van der Waals surface area contributed by atoms with Crippen LogP contribution in [0.4, 0.5) is 0 Å². The average Bonchev–Trinajstić information content (AvgIpc) is 3.34. The number of Topliss-reactive ketones (excluding diaryl/α,β-unsaturated/α-hetero) is 4. The number of ketones is 4. The molecule has 218 valence electrons. The summed E-state index contributed by atoms with van der Waals surface area (Å²) in [5, 5.41) is 22.4. The van der Waals surface area contributed by atoms with Gasteiger partial charge >= 0.3 is 0 Å². The Morgan fingerprint density at radius 1 is 1.10 bits per heavy atom. The smallest absolute Gasteiger partial charge is 0.235 e. The number of fused-ring (bicyclic) bond motifs is 3. The van der Waals surface area contributed by atoms with Crippen LogP contribution in [0.5, 0.6) is 5.75 Å². The highest BCUT2D eigenvalue weighted by Gasteiger charge is 2.69. The Balaban J connectivity index is 1.58. The van der Waals surface area contributed by atoms with Gasteiger partial charge in [0, 0.05) is 17.5 Å². The van der Waals surface area contributed by atoms with Crippen LogP contribution in [0.3, 0.4) is 0 Å². The van der Waals surface area contributed by atoms with Crippen LogP contribution in [0.2, 0.25) is 0 Å². The summed E-state index contributed by atoms with van der Waals surface area (Å²) in [7, 11) is 5.08. The molecule has 0 saturated heterocycles. The molecule has 5 rings (SSSR count). The molecule has 11 nitrogen and oxygen atoms in total. The van der Waals surface area contributed by atoms with E-state index in [0.29, 0.717) is 35.2 Å². The Morgan fingerprint density at radius 2 is 1.78 bits per heavy atom. The molecule has 3 aliphatic carbocycles. The minimum atomic E-state index is -2.75. The quantitative estimate of drug-likeness (QED) is 0.429. The Morgan fingerprint density at radius 3 is 2.39 bits per heavy atom. The van der Waals surface area contributed by atoms with E-state index in [1.165, 1.54) is 11.0 Å². The first-order valence-electron chi connectivity index (χ1n) is 13.7. The minimum Gasteiger partial charge on any atom is -0.507 e. The number of hydrogen-bond acceptors (Lipinski definition) is 10. The van der Waals surface area contributed by atoms with Crippen LogP contribution in [0.25, 0.3) is 11.3 Å². The zero-order valence-electron chi connectivity index (χ0n) is 23.7. The number of rotatable bonds is 6. The van der Waals surface area contributed by atoms with Gasteiger partial charge in [-0.15, -0.1) is 0 Å². The predicted molar refractivity (Wildman–Crippen MR) is 146 cm³/mol. The lowest BCUT2D eigenvalue weighted by Crippen LogP contribution is -2.74. The lowest BCUT2D eigenvalue weighted by atomic mass is 9.52. The number of carbonyl (C=O) groups excluding carboxylic acids is 5. The molecule has 3 aliphatic rings. The first-order chi connectivity index (χ1) is 19.2. The largest absolute Gasteiger partial charge is 0.507 e. The molecule has 11 heteroatoms. The first-order valence-corrected chi connectivity index (χ1v) is 13.7. The standard InChI is InChI=1S/C30H35N3O8/c1-13(2)33(5)12-15-6-9-20(41-15)16-7-8-19(34)22-17(16)10-14-11-18-24(32(3)4)26(36)23(29(31)39)28(38)30(18,40)27(37)21(14)25(22)35/h6-9,13-14,18,21,23-24,34,40H,10-12H2,1-5H3,(H2,31,39)/t14-,18-,21?,23?,24-,30-/m0/s1. The summed E-state index contributed by atoms with van der Waals surface area (Å²) in [6.07, 6.45) is 0.152. The van der Waals surface area contributed by atoms with E-state index < -0.39 is 64.4 Å². The summed E-state index contributed by atoms with van der Waals surface area (Å²) in [6, 6.07) is 5.81. The Bertz CT molecular complexity index is 1480. The number of carbonyl (C=O) groups is 5. The molecule has 6 atom stereocenters. The fourth-order valence-corrected chi connectivity index (χ4v) is 6.87. The molecule has 4 N–H and O–H groups in total. The van der Waals surface area contributed by atoms with Crippen molar-refractivity contribution in [3.63, 3.8) is 0 Å². The molecular formula is C30H35N3O8. The molecule has 2 fully saturated rings. The van der Waals surface area contributed by atoms with Gasteiger partial charge in [-0.1, -0.05) is 0 Å². The molecule has 41 heavy (non-hydrogen) atoms. The maximum absolute atomic E-state index is 13.9. The number of phenols is 1. The van der Waals surface area contributed by atoms with Crippen LogP contribution in [0.1, 0.15) is 41.9 Å². The van der Waals surface area contributed by atoms with Crippen molar-refractivity contribution in [1.29, 1.82) is 0 Å². The number of nitrogens with zero attached hydrogens (tertiary/aromatic N) is 2. The number of primary amides is 1. The number of aromatic hydroxyl groups is 1. The third-order valence-electron chi connectivity index (χ3n) is 9.16. The fourth-order valence-electron chi connectivity index (χ4n) is 6.87. The lowest BCUT2D eigenvalue weighted by Gasteiger charge is -2.52. The number of benzene rings is 1. The Kier molecular flexibility index (Phi) is 7.04. The number of furan rings is 1. The molecule has 2 aromatic rings. The molecule has 1 aromatic carbocycles. The first kappa shape index (κ1) is 28.8. The molecule has 1 amide bonds. The maximum atomic E-state index is 13.9. The summed E-state index contributed by atoms with van der Waals surface area (Å²) in [6.45, 7) is 4.70. The van der Waals surface area contributed by atoms with Gasteiger partial charge in [0.15, 0.2) is 34.7 Å². The summed E-state index contributed by atoms with van der Waals surface area (Å²) in [4.78, 5) is 70.1. The van der Waals surface area contributed by atoms with Crippen molar-refractivity contribution in [2.75, 3.05) is 21.1 Å².